The van der Waals surface area contributed by atoms with E-state index >= 15 is 0 Å². The molecule has 1 N–H and O–H groups in total. The Morgan fingerprint density at radius 3 is 2.79 bits per heavy atom. The molecule has 0 aromatic heterocycles. The Kier molecular flexibility index (Phi) is 4.69. The normalized spacial score (nSPS) is 23.1. The van der Waals surface area contributed by atoms with Crippen LogP contribution in [-0.2, 0) is 0 Å². The highest BCUT2D eigenvalue weighted by molar-refractivity contribution is 7.99. The van der Waals surface area contributed by atoms with Crippen LogP contribution in [0.15, 0.2) is 18.2 Å². The number of rotatable bonds is 4. The standard InChI is InChI=1S/C14H20N2O2S/c1-10-7-8-11(16(17)18)9-13(10)15-12-5-3-4-6-14(12)19-2/h7-9,12,14-15H,3-6H2,1-2H3. The lowest BCUT2D eigenvalue weighted by Crippen LogP contribution is -2.34. The average molecular weight is 280 g/mol. The zero-order chi connectivity index (χ0) is 13.8. The predicted octanol–water partition coefficient (Wildman–Crippen LogP) is 3.99. The smallest absolute Gasteiger partial charge is 0.271 e. The number of anilines is 1. The van der Waals surface area contributed by atoms with Gasteiger partial charge in [-0.05, 0) is 31.6 Å². The zero-order valence-corrected chi connectivity index (χ0v) is 12.2. The summed E-state index contributed by atoms with van der Waals surface area (Å²) >= 11 is 1.89. The molecule has 2 rings (SSSR count). The SMILES string of the molecule is CSC1CCCCC1Nc1cc([N+](=O)[O-])ccc1C. The summed E-state index contributed by atoms with van der Waals surface area (Å²) in [6, 6.07) is 5.45. The number of aryl methyl sites for hydroxylation is 1. The molecule has 2 atom stereocenters. The van der Waals surface area contributed by atoms with Crippen LogP contribution < -0.4 is 5.32 Å². The van der Waals surface area contributed by atoms with E-state index in [-0.39, 0.29) is 10.6 Å². The minimum absolute atomic E-state index is 0.157. The molecule has 2 unspecified atom stereocenters. The van der Waals surface area contributed by atoms with Crippen molar-refractivity contribution in [3.8, 4) is 0 Å². The molecule has 0 amide bonds. The molecule has 1 saturated carbocycles. The van der Waals surface area contributed by atoms with Crippen molar-refractivity contribution in [1.29, 1.82) is 0 Å². The Hall–Kier alpha value is -1.23. The summed E-state index contributed by atoms with van der Waals surface area (Å²) in [7, 11) is 0. The number of hydrogen-bond donors (Lipinski definition) is 1. The molecule has 0 aliphatic heterocycles. The Bertz CT molecular complexity index is 465. The maximum absolute atomic E-state index is 10.9. The van der Waals surface area contributed by atoms with Crippen LogP contribution in [0.4, 0.5) is 11.4 Å². The number of hydrogen-bond acceptors (Lipinski definition) is 4. The number of benzene rings is 1. The average Bonchev–Trinajstić information content (AvgIpc) is 2.41. The number of nitrogens with one attached hydrogen (secondary N) is 1. The second-order valence-corrected chi connectivity index (χ2v) is 6.14. The van der Waals surface area contributed by atoms with Gasteiger partial charge in [-0.15, -0.1) is 0 Å². The summed E-state index contributed by atoms with van der Waals surface area (Å²) in [5.41, 5.74) is 2.13. The Morgan fingerprint density at radius 1 is 1.37 bits per heavy atom. The van der Waals surface area contributed by atoms with Gasteiger partial charge in [0.1, 0.15) is 0 Å². The Labute approximate surface area is 118 Å². The van der Waals surface area contributed by atoms with E-state index in [0.717, 1.165) is 17.7 Å². The van der Waals surface area contributed by atoms with E-state index in [4.69, 9.17) is 0 Å². The highest BCUT2D eigenvalue weighted by Crippen LogP contribution is 2.31. The van der Waals surface area contributed by atoms with E-state index in [1.807, 2.05) is 24.8 Å². The number of nitrogens with zero attached hydrogens (tertiary/aromatic N) is 1. The third-order valence-electron chi connectivity index (χ3n) is 3.78. The van der Waals surface area contributed by atoms with Crippen molar-refractivity contribution in [1.82, 2.24) is 0 Å². The second-order valence-electron chi connectivity index (χ2n) is 5.07. The van der Waals surface area contributed by atoms with Crippen LogP contribution in [0, 0.1) is 17.0 Å². The molecule has 1 fully saturated rings. The van der Waals surface area contributed by atoms with Crippen molar-refractivity contribution in [3.63, 3.8) is 0 Å². The molecular weight excluding hydrogens is 260 g/mol. The fraction of sp³-hybridized carbons (Fsp3) is 0.571. The molecule has 1 aliphatic rings. The van der Waals surface area contributed by atoms with Gasteiger partial charge in [0.15, 0.2) is 0 Å². The van der Waals surface area contributed by atoms with Gasteiger partial charge in [-0.3, -0.25) is 10.1 Å². The largest absolute Gasteiger partial charge is 0.381 e. The topological polar surface area (TPSA) is 55.2 Å². The van der Waals surface area contributed by atoms with Crippen LogP contribution in [0.3, 0.4) is 0 Å². The second kappa shape index (κ2) is 6.28. The highest BCUT2D eigenvalue weighted by atomic mass is 32.2. The van der Waals surface area contributed by atoms with E-state index in [1.165, 1.54) is 19.3 Å². The van der Waals surface area contributed by atoms with Crippen molar-refractivity contribution in [2.45, 2.75) is 43.9 Å². The molecule has 1 aromatic rings. The molecule has 0 heterocycles. The summed E-state index contributed by atoms with van der Waals surface area (Å²) in [6.45, 7) is 1.99. The van der Waals surface area contributed by atoms with Gasteiger partial charge >= 0.3 is 0 Å². The lowest BCUT2D eigenvalue weighted by molar-refractivity contribution is -0.384. The van der Waals surface area contributed by atoms with Gasteiger partial charge in [0.25, 0.3) is 5.69 Å². The van der Waals surface area contributed by atoms with Crippen LogP contribution >= 0.6 is 11.8 Å². The van der Waals surface area contributed by atoms with Crippen LogP contribution in [0.25, 0.3) is 0 Å². The Balaban J connectivity index is 2.17. The zero-order valence-electron chi connectivity index (χ0n) is 11.4. The van der Waals surface area contributed by atoms with E-state index in [2.05, 4.69) is 11.6 Å². The quantitative estimate of drug-likeness (QED) is 0.669. The summed E-state index contributed by atoms with van der Waals surface area (Å²) in [4.78, 5) is 10.5. The third-order valence-corrected chi connectivity index (χ3v) is 4.95. The number of thioether (sulfide) groups is 1. The summed E-state index contributed by atoms with van der Waals surface area (Å²) in [6.07, 6.45) is 7.05. The molecule has 4 nitrogen and oxygen atoms in total. The first-order valence-corrected chi connectivity index (χ1v) is 7.95. The first-order chi connectivity index (χ1) is 9.11. The molecule has 0 saturated heterocycles. The lowest BCUT2D eigenvalue weighted by Gasteiger charge is -2.32. The number of non-ortho nitro benzene ring substituents is 1. The summed E-state index contributed by atoms with van der Waals surface area (Å²) in [5.74, 6) is 0. The first kappa shape index (κ1) is 14.2. The van der Waals surface area contributed by atoms with Gasteiger partial charge in [-0.1, -0.05) is 18.9 Å². The van der Waals surface area contributed by atoms with Crippen LogP contribution in [0.5, 0.6) is 0 Å². The lowest BCUT2D eigenvalue weighted by atomic mass is 9.94. The van der Waals surface area contributed by atoms with Crippen molar-refractivity contribution >= 4 is 23.1 Å². The molecule has 5 heteroatoms. The van der Waals surface area contributed by atoms with Crippen LogP contribution in [-0.4, -0.2) is 22.5 Å². The molecule has 1 aromatic carbocycles. The van der Waals surface area contributed by atoms with Crippen molar-refractivity contribution in [2.24, 2.45) is 0 Å². The minimum Gasteiger partial charge on any atom is -0.381 e. The van der Waals surface area contributed by atoms with E-state index in [1.54, 1.807) is 12.1 Å². The van der Waals surface area contributed by atoms with E-state index in [9.17, 15) is 10.1 Å². The van der Waals surface area contributed by atoms with Crippen LogP contribution in [0.2, 0.25) is 0 Å². The van der Waals surface area contributed by atoms with Gasteiger partial charge in [0.2, 0.25) is 0 Å². The van der Waals surface area contributed by atoms with E-state index in [0.29, 0.717) is 11.3 Å². The van der Waals surface area contributed by atoms with Gasteiger partial charge < -0.3 is 5.32 Å². The molecule has 19 heavy (non-hydrogen) atoms. The van der Waals surface area contributed by atoms with Crippen LogP contribution in [0.1, 0.15) is 31.2 Å². The Morgan fingerprint density at radius 2 is 2.11 bits per heavy atom. The maximum Gasteiger partial charge on any atom is 0.271 e. The molecular formula is C14H20N2O2S. The van der Waals surface area contributed by atoms with Gasteiger partial charge in [-0.25, -0.2) is 0 Å². The summed E-state index contributed by atoms with van der Waals surface area (Å²) in [5, 5.41) is 15.0. The van der Waals surface area contributed by atoms with Crippen molar-refractivity contribution in [2.75, 3.05) is 11.6 Å². The maximum atomic E-state index is 10.9. The minimum atomic E-state index is -0.336. The fourth-order valence-electron chi connectivity index (χ4n) is 2.62. The predicted molar refractivity (Wildman–Crippen MR) is 81.0 cm³/mol. The molecule has 0 spiro atoms. The number of nitro benzene ring substituents is 1. The van der Waals surface area contributed by atoms with Crippen molar-refractivity contribution < 1.29 is 4.92 Å². The fourth-order valence-corrected chi connectivity index (χ4v) is 3.56. The summed E-state index contributed by atoms with van der Waals surface area (Å²) < 4.78 is 0. The number of nitro groups is 1. The third kappa shape index (κ3) is 3.41. The monoisotopic (exact) mass is 280 g/mol. The first-order valence-electron chi connectivity index (χ1n) is 6.66. The molecule has 104 valence electrons. The molecule has 0 radical (unpaired) electrons. The van der Waals surface area contributed by atoms with Crippen molar-refractivity contribution in [3.05, 3.63) is 33.9 Å². The van der Waals surface area contributed by atoms with Gasteiger partial charge in [0, 0.05) is 29.1 Å². The van der Waals surface area contributed by atoms with Gasteiger partial charge in [-0.2, -0.15) is 11.8 Å². The molecule has 1 aliphatic carbocycles. The highest BCUT2D eigenvalue weighted by Gasteiger charge is 2.24. The van der Waals surface area contributed by atoms with Gasteiger partial charge in [0.05, 0.1) is 4.92 Å². The molecule has 0 bridgehead atoms. The van der Waals surface area contributed by atoms with E-state index < -0.39 is 0 Å².